The maximum absolute atomic E-state index is 11.9. The summed E-state index contributed by atoms with van der Waals surface area (Å²) in [5.41, 5.74) is 1.05. The molecule has 1 amide bonds. The fraction of sp³-hybridized carbons (Fsp3) is 0.526. The Hall–Kier alpha value is -1.82. The summed E-state index contributed by atoms with van der Waals surface area (Å²) >= 11 is 1.44. The Morgan fingerprint density at radius 3 is 2.60 bits per heavy atom. The minimum absolute atomic E-state index is 0.0859. The van der Waals surface area contributed by atoms with E-state index in [4.69, 9.17) is 10.1 Å². The number of carbonyl (C=O) groups excluding carboxylic acids is 1. The molecule has 6 heteroatoms. The van der Waals surface area contributed by atoms with E-state index in [1.54, 1.807) is 0 Å². The second kappa shape index (κ2) is 7.60. The number of carbonyl (C=O) groups is 1. The quantitative estimate of drug-likeness (QED) is 0.802. The Morgan fingerprint density at radius 1 is 1.12 bits per heavy atom. The van der Waals surface area contributed by atoms with E-state index in [0.717, 1.165) is 24.4 Å². The number of para-hydroxylation sites is 1. The molecule has 5 nitrogen and oxygen atoms in total. The highest BCUT2D eigenvalue weighted by molar-refractivity contribution is 7.99. The number of nitrogens with zero attached hydrogens (tertiary/aromatic N) is 3. The molecule has 132 valence electrons. The van der Waals surface area contributed by atoms with Gasteiger partial charge in [0.25, 0.3) is 0 Å². The van der Waals surface area contributed by atoms with E-state index in [1.807, 2.05) is 22.9 Å². The number of thioether (sulfide) groups is 1. The van der Waals surface area contributed by atoms with Crippen LogP contribution >= 0.6 is 11.8 Å². The molecule has 0 aliphatic heterocycles. The topological polar surface area (TPSA) is 59.8 Å². The van der Waals surface area contributed by atoms with Crippen LogP contribution in [0.2, 0.25) is 0 Å². The molecule has 0 spiro atoms. The number of benzene rings is 1. The fourth-order valence-electron chi connectivity index (χ4n) is 3.38. The summed E-state index contributed by atoms with van der Waals surface area (Å²) in [6.07, 6.45) is 8.43. The van der Waals surface area contributed by atoms with E-state index in [1.165, 1.54) is 43.9 Å². The van der Waals surface area contributed by atoms with Gasteiger partial charge in [-0.15, -0.1) is 5.10 Å². The normalized spacial score (nSPS) is 18.2. The van der Waals surface area contributed by atoms with Gasteiger partial charge in [-0.1, -0.05) is 49.2 Å². The molecule has 0 saturated heterocycles. The minimum atomic E-state index is 0.0859. The highest BCUT2D eigenvalue weighted by Gasteiger charge is 2.25. The van der Waals surface area contributed by atoms with Crippen LogP contribution in [0.25, 0.3) is 5.69 Å². The molecule has 1 heterocycles. The average molecular weight is 356 g/mol. The summed E-state index contributed by atoms with van der Waals surface area (Å²) < 4.78 is 1.98. The second-order valence-corrected chi connectivity index (χ2v) is 7.91. The van der Waals surface area contributed by atoms with Crippen LogP contribution in [-0.2, 0) is 4.79 Å². The number of nitrogens with one attached hydrogen (secondary N) is 1. The van der Waals surface area contributed by atoms with Crippen LogP contribution in [0, 0.1) is 0 Å². The first-order valence-electron chi connectivity index (χ1n) is 9.24. The minimum Gasteiger partial charge on any atom is -0.353 e. The van der Waals surface area contributed by atoms with E-state index in [0.29, 0.717) is 22.9 Å². The van der Waals surface area contributed by atoms with Crippen LogP contribution in [0.4, 0.5) is 0 Å². The van der Waals surface area contributed by atoms with Crippen LogP contribution in [0.1, 0.15) is 56.7 Å². The van der Waals surface area contributed by atoms with Crippen molar-refractivity contribution in [2.75, 3.05) is 5.75 Å². The summed E-state index contributed by atoms with van der Waals surface area (Å²) in [4.78, 5) is 16.7. The lowest BCUT2D eigenvalue weighted by Gasteiger charge is -2.21. The Bertz CT molecular complexity index is 720. The molecule has 2 aliphatic carbocycles. The third-order valence-corrected chi connectivity index (χ3v) is 5.70. The maximum Gasteiger partial charge on any atom is 0.230 e. The van der Waals surface area contributed by atoms with Gasteiger partial charge in [-0.2, -0.15) is 0 Å². The van der Waals surface area contributed by atoms with Crippen molar-refractivity contribution in [2.24, 2.45) is 0 Å². The fourth-order valence-corrected chi connectivity index (χ4v) is 4.02. The zero-order chi connectivity index (χ0) is 17.1. The molecule has 2 aromatic rings. The highest BCUT2D eigenvalue weighted by Crippen LogP contribution is 2.33. The van der Waals surface area contributed by atoms with E-state index in [9.17, 15) is 4.79 Å². The first kappa shape index (κ1) is 16.6. The molecule has 2 fully saturated rings. The molecular weight excluding hydrogens is 332 g/mol. The Balaban J connectivity index is 1.53. The smallest absolute Gasteiger partial charge is 0.230 e. The van der Waals surface area contributed by atoms with Crippen molar-refractivity contribution in [3.8, 4) is 5.69 Å². The molecule has 2 saturated carbocycles. The van der Waals surface area contributed by atoms with Crippen LogP contribution < -0.4 is 5.32 Å². The lowest BCUT2D eigenvalue weighted by molar-refractivity contribution is -0.118. The van der Waals surface area contributed by atoms with E-state index >= 15 is 0 Å². The van der Waals surface area contributed by atoms with Gasteiger partial charge in [0.1, 0.15) is 5.82 Å². The van der Waals surface area contributed by atoms with Crippen molar-refractivity contribution >= 4 is 17.7 Å². The Labute approximate surface area is 152 Å². The molecule has 0 atom stereocenters. The second-order valence-electron chi connectivity index (χ2n) is 6.97. The maximum atomic E-state index is 11.9. The van der Waals surface area contributed by atoms with Gasteiger partial charge in [-0.3, -0.25) is 4.79 Å². The van der Waals surface area contributed by atoms with Gasteiger partial charge < -0.3 is 5.32 Å². The van der Waals surface area contributed by atoms with E-state index < -0.39 is 0 Å². The average Bonchev–Trinajstić information content (AvgIpc) is 3.36. The van der Waals surface area contributed by atoms with Crippen molar-refractivity contribution in [2.45, 2.75) is 62.1 Å². The summed E-state index contributed by atoms with van der Waals surface area (Å²) in [6, 6.07) is 10.6. The van der Waals surface area contributed by atoms with Gasteiger partial charge in [0.2, 0.25) is 11.1 Å². The first-order chi connectivity index (χ1) is 12.3. The summed E-state index contributed by atoms with van der Waals surface area (Å²) in [5, 5.41) is 8.43. The third-order valence-electron chi connectivity index (χ3n) is 4.86. The Kier molecular flexibility index (Phi) is 5.06. The number of hydrogen-bond donors (Lipinski definition) is 1. The Morgan fingerprint density at radius 2 is 1.88 bits per heavy atom. The number of hydrogen-bond acceptors (Lipinski definition) is 4. The highest BCUT2D eigenvalue weighted by atomic mass is 32.2. The summed E-state index contributed by atoms with van der Waals surface area (Å²) in [6.45, 7) is 0. The van der Waals surface area contributed by atoms with Crippen molar-refractivity contribution in [3.05, 3.63) is 36.2 Å². The van der Waals surface area contributed by atoms with Crippen LogP contribution in [-0.4, -0.2) is 32.5 Å². The monoisotopic (exact) mass is 356 g/mol. The molecule has 2 aliphatic rings. The van der Waals surface area contributed by atoms with Crippen molar-refractivity contribution < 1.29 is 4.79 Å². The molecule has 1 N–H and O–H groups in total. The molecule has 0 radical (unpaired) electrons. The van der Waals surface area contributed by atoms with Crippen LogP contribution in [0.3, 0.4) is 0 Å². The zero-order valence-electron chi connectivity index (χ0n) is 14.4. The molecule has 0 bridgehead atoms. The predicted octanol–water partition coefficient (Wildman–Crippen LogP) is 3.69. The van der Waals surface area contributed by atoms with Gasteiger partial charge in [0.15, 0.2) is 0 Å². The molecule has 0 unspecified atom stereocenters. The van der Waals surface area contributed by atoms with E-state index in [-0.39, 0.29) is 5.91 Å². The zero-order valence-corrected chi connectivity index (χ0v) is 15.2. The van der Waals surface area contributed by atoms with Crippen molar-refractivity contribution in [1.29, 1.82) is 0 Å². The standard InChI is InChI=1S/C19H24N4OS/c24-17(20-15-11-12-15)13-25-19-21-18(14-7-3-1-4-8-14)23(22-19)16-9-5-2-6-10-16/h2,5-6,9-10,14-15H,1,3-4,7-8,11-13H2,(H,20,24). The van der Waals surface area contributed by atoms with Gasteiger partial charge in [0.05, 0.1) is 11.4 Å². The SMILES string of the molecule is O=C(CSc1nc(C2CCCCC2)n(-c2ccccc2)n1)NC1CC1. The molecule has 1 aromatic carbocycles. The molecule has 4 rings (SSSR count). The van der Waals surface area contributed by atoms with Crippen molar-refractivity contribution in [1.82, 2.24) is 20.1 Å². The summed E-state index contributed by atoms with van der Waals surface area (Å²) in [7, 11) is 0. The molecular formula is C19H24N4OS. The van der Waals surface area contributed by atoms with Crippen molar-refractivity contribution in [3.63, 3.8) is 0 Å². The number of aromatic nitrogens is 3. The lowest BCUT2D eigenvalue weighted by Crippen LogP contribution is -2.27. The number of rotatable bonds is 6. The molecule has 1 aromatic heterocycles. The molecule has 25 heavy (non-hydrogen) atoms. The number of amides is 1. The summed E-state index contributed by atoms with van der Waals surface area (Å²) in [5.74, 6) is 1.99. The van der Waals surface area contributed by atoms with Crippen LogP contribution in [0.15, 0.2) is 35.5 Å². The van der Waals surface area contributed by atoms with Gasteiger partial charge in [0, 0.05) is 12.0 Å². The van der Waals surface area contributed by atoms with Crippen LogP contribution in [0.5, 0.6) is 0 Å². The third kappa shape index (κ3) is 4.24. The largest absolute Gasteiger partial charge is 0.353 e. The van der Waals surface area contributed by atoms with Gasteiger partial charge in [-0.25, -0.2) is 9.67 Å². The van der Waals surface area contributed by atoms with Gasteiger partial charge in [-0.05, 0) is 37.8 Å². The lowest BCUT2D eigenvalue weighted by atomic mass is 9.88. The predicted molar refractivity (Wildman–Crippen MR) is 99.1 cm³/mol. The first-order valence-corrected chi connectivity index (χ1v) is 10.2. The van der Waals surface area contributed by atoms with Gasteiger partial charge >= 0.3 is 0 Å². The van der Waals surface area contributed by atoms with E-state index in [2.05, 4.69) is 17.4 Å².